The molecule has 4 rings (SSSR count). The molecule has 2 saturated heterocycles. The topological polar surface area (TPSA) is 64.9 Å². The van der Waals surface area contributed by atoms with E-state index in [1.807, 2.05) is 19.9 Å². The first-order chi connectivity index (χ1) is 16.0. The highest BCUT2D eigenvalue weighted by atomic mass is 35.5. The van der Waals surface area contributed by atoms with Crippen LogP contribution < -0.4 is 9.80 Å². The lowest BCUT2D eigenvalue weighted by atomic mass is 9.87. The van der Waals surface area contributed by atoms with Crippen molar-refractivity contribution in [2.45, 2.75) is 64.2 Å². The molecule has 184 valence electrons. The third-order valence-electron chi connectivity index (χ3n) is 7.11. The lowest BCUT2D eigenvalue weighted by molar-refractivity contribution is -0.136. The first kappa shape index (κ1) is 25.0. The lowest BCUT2D eigenvalue weighted by Gasteiger charge is -2.46. The van der Waals surface area contributed by atoms with Crippen molar-refractivity contribution in [2.24, 2.45) is 4.99 Å². The number of anilines is 2. The number of thioether (sulfide) groups is 1. The quantitative estimate of drug-likeness (QED) is 0.433. The Labute approximate surface area is 212 Å². The summed E-state index contributed by atoms with van der Waals surface area (Å²) < 4.78 is -0.248. The molecule has 2 fully saturated rings. The van der Waals surface area contributed by atoms with E-state index in [-0.39, 0.29) is 22.1 Å². The Bertz CT molecular complexity index is 1060. The van der Waals surface area contributed by atoms with Crippen LogP contribution in [0.1, 0.15) is 53.5 Å². The highest BCUT2D eigenvalue weighted by molar-refractivity contribution is 8.02. The SMILES string of the molecule is C=N/C(=C\C(Cl)=C(C)C)N1CC(C)(C)c2c(N3CCN(C(=O)C4(C)CCS4)C(C)C3)ncnc21. The standard InChI is InChI=1S/C25H35ClN6OS/c1-16(2)18(26)12-19(27-7)32-14-24(4,5)20-21(28-15-29-22(20)32)30-9-10-31(17(3)13-30)23(33)25(6)8-11-34-25/h12,15,17H,7-11,13-14H2,1-6H3/b19-12+. The molecule has 0 aliphatic carbocycles. The number of nitrogens with zero attached hydrogens (tertiary/aromatic N) is 6. The van der Waals surface area contributed by atoms with Crippen LogP contribution in [-0.2, 0) is 10.2 Å². The molecule has 0 bridgehead atoms. The summed E-state index contributed by atoms with van der Waals surface area (Å²) in [5.74, 6) is 3.81. The molecule has 0 saturated carbocycles. The van der Waals surface area contributed by atoms with Gasteiger partial charge in [0.1, 0.15) is 23.8 Å². The minimum absolute atomic E-state index is 0.118. The Morgan fingerprint density at radius 1 is 1.26 bits per heavy atom. The highest BCUT2D eigenvalue weighted by Crippen LogP contribution is 2.46. The van der Waals surface area contributed by atoms with Gasteiger partial charge in [0.15, 0.2) is 0 Å². The van der Waals surface area contributed by atoms with Crippen LogP contribution in [0.3, 0.4) is 0 Å². The van der Waals surface area contributed by atoms with E-state index in [1.54, 1.807) is 18.1 Å². The van der Waals surface area contributed by atoms with Crippen molar-refractivity contribution >= 4 is 47.6 Å². The number of carbonyl (C=O) groups excluding carboxylic acids is 1. The van der Waals surface area contributed by atoms with E-state index >= 15 is 0 Å². The smallest absolute Gasteiger partial charge is 0.238 e. The molecule has 0 aromatic carbocycles. The van der Waals surface area contributed by atoms with Crippen molar-refractivity contribution in [3.63, 3.8) is 0 Å². The van der Waals surface area contributed by atoms with Gasteiger partial charge < -0.3 is 14.7 Å². The average Bonchev–Trinajstić information content (AvgIpc) is 3.05. The van der Waals surface area contributed by atoms with Gasteiger partial charge >= 0.3 is 0 Å². The Morgan fingerprint density at radius 3 is 2.50 bits per heavy atom. The molecule has 4 heterocycles. The van der Waals surface area contributed by atoms with Crippen molar-refractivity contribution in [3.05, 3.63) is 34.4 Å². The van der Waals surface area contributed by atoms with Crippen LogP contribution in [0.2, 0.25) is 0 Å². The Kier molecular flexibility index (Phi) is 6.77. The second-order valence-electron chi connectivity index (χ2n) is 10.5. The Hall–Kier alpha value is -2.06. The zero-order valence-corrected chi connectivity index (χ0v) is 22.6. The molecule has 9 heteroatoms. The van der Waals surface area contributed by atoms with Gasteiger partial charge in [-0.15, -0.1) is 11.8 Å². The maximum atomic E-state index is 13.2. The number of allylic oxidation sites excluding steroid dienone is 3. The van der Waals surface area contributed by atoms with Crippen LogP contribution in [0, 0.1) is 0 Å². The maximum absolute atomic E-state index is 13.2. The molecule has 0 N–H and O–H groups in total. The lowest BCUT2D eigenvalue weighted by Crippen LogP contribution is -2.60. The largest absolute Gasteiger partial charge is 0.352 e. The second-order valence-corrected chi connectivity index (χ2v) is 12.5. The van der Waals surface area contributed by atoms with E-state index in [0.717, 1.165) is 48.0 Å². The van der Waals surface area contributed by atoms with Crippen LogP contribution in [0.4, 0.5) is 11.6 Å². The summed E-state index contributed by atoms with van der Waals surface area (Å²) in [6.45, 7) is 19.3. The molecule has 34 heavy (non-hydrogen) atoms. The van der Waals surface area contributed by atoms with E-state index in [1.165, 1.54) is 0 Å². The van der Waals surface area contributed by atoms with Crippen LogP contribution >= 0.6 is 23.4 Å². The predicted octanol–water partition coefficient (Wildman–Crippen LogP) is 4.58. The summed E-state index contributed by atoms with van der Waals surface area (Å²) in [6.07, 6.45) is 4.44. The van der Waals surface area contributed by atoms with Gasteiger partial charge in [0.05, 0.1) is 4.75 Å². The first-order valence-electron chi connectivity index (χ1n) is 11.8. The molecule has 2 atom stereocenters. The molecule has 2 unspecified atom stereocenters. The van der Waals surface area contributed by atoms with Gasteiger partial charge in [0.25, 0.3) is 0 Å². The van der Waals surface area contributed by atoms with Crippen molar-refractivity contribution < 1.29 is 4.79 Å². The zero-order chi connectivity index (χ0) is 24.8. The van der Waals surface area contributed by atoms with Gasteiger partial charge in [0, 0.05) is 48.2 Å². The van der Waals surface area contributed by atoms with E-state index in [0.29, 0.717) is 23.9 Å². The first-order valence-corrected chi connectivity index (χ1v) is 13.2. The fraction of sp³-hybridized carbons (Fsp3) is 0.600. The number of halogens is 1. The van der Waals surface area contributed by atoms with Gasteiger partial charge in [0.2, 0.25) is 5.91 Å². The summed E-state index contributed by atoms with van der Waals surface area (Å²) in [7, 11) is 0. The van der Waals surface area contributed by atoms with E-state index in [2.05, 4.69) is 59.1 Å². The highest BCUT2D eigenvalue weighted by Gasteiger charge is 2.46. The van der Waals surface area contributed by atoms with Crippen LogP contribution in [-0.4, -0.2) is 70.2 Å². The minimum atomic E-state index is -0.248. The molecule has 1 aromatic heterocycles. The van der Waals surface area contributed by atoms with Gasteiger partial charge in [-0.05, 0) is 52.7 Å². The Balaban J connectivity index is 1.63. The van der Waals surface area contributed by atoms with Gasteiger partial charge in [-0.25, -0.2) is 15.0 Å². The fourth-order valence-corrected chi connectivity index (χ4v) is 6.11. The van der Waals surface area contributed by atoms with Crippen molar-refractivity contribution in [1.29, 1.82) is 0 Å². The number of amides is 1. The number of piperazine rings is 1. The Morgan fingerprint density at radius 2 is 1.94 bits per heavy atom. The van der Waals surface area contributed by atoms with E-state index < -0.39 is 0 Å². The van der Waals surface area contributed by atoms with Gasteiger partial charge in [-0.1, -0.05) is 31.0 Å². The third kappa shape index (κ3) is 4.35. The van der Waals surface area contributed by atoms with Crippen molar-refractivity contribution in [1.82, 2.24) is 14.9 Å². The predicted molar refractivity (Wildman–Crippen MR) is 143 cm³/mol. The molecule has 1 aromatic rings. The summed E-state index contributed by atoms with van der Waals surface area (Å²) in [5.41, 5.74) is 1.92. The van der Waals surface area contributed by atoms with Crippen molar-refractivity contribution in [3.8, 4) is 0 Å². The van der Waals surface area contributed by atoms with Crippen LogP contribution in [0.5, 0.6) is 0 Å². The van der Waals surface area contributed by atoms with E-state index in [4.69, 9.17) is 16.6 Å². The van der Waals surface area contributed by atoms with Crippen LogP contribution in [0.25, 0.3) is 0 Å². The minimum Gasteiger partial charge on any atom is -0.352 e. The van der Waals surface area contributed by atoms with Gasteiger partial charge in [-0.2, -0.15) is 0 Å². The number of aromatic nitrogens is 2. The maximum Gasteiger partial charge on any atom is 0.238 e. The third-order valence-corrected chi connectivity index (χ3v) is 9.02. The number of aliphatic imine (C=N–C) groups is 1. The monoisotopic (exact) mass is 502 g/mol. The summed E-state index contributed by atoms with van der Waals surface area (Å²) in [5, 5.41) is 0.649. The summed E-state index contributed by atoms with van der Waals surface area (Å²) in [6, 6.07) is 0.118. The summed E-state index contributed by atoms with van der Waals surface area (Å²) in [4.78, 5) is 33.3. The van der Waals surface area contributed by atoms with Gasteiger partial charge in [-0.3, -0.25) is 4.79 Å². The molecular weight excluding hydrogens is 468 g/mol. The molecule has 7 nitrogen and oxygen atoms in total. The number of rotatable bonds is 5. The molecule has 1 amide bonds. The van der Waals surface area contributed by atoms with Crippen molar-refractivity contribution in [2.75, 3.05) is 41.7 Å². The number of fused-ring (bicyclic) bond motifs is 1. The summed E-state index contributed by atoms with van der Waals surface area (Å²) >= 11 is 8.21. The average molecular weight is 503 g/mol. The molecule has 0 spiro atoms. The second kappa shape index (κ2) is 9.19. The van der Waals surface area contributed by atoms with Crippen LogP contribution in [0.15, 0.2) is 33.8 Å². The molecular formula is C25H35ClN6OS. The number of hydrogen-bond acceptors (Lipinski definition) is 7. The fourth-order valence-electron chi connectivity index (χ4n) is 4.95. The number of carbonyl (C=O) groups is 1. The molecule has 3 aliphatic heterocycles. The molecule has 0 radical (unpaired) electrons. The van der Waals surface area contributed by atoms with E-state index in [9.17, 15) is 4.79 Å². The zero-order valence-electron chi connectivity index (χ0n) is 21.1. The normalized spacial score (nSPS) is 26.1. The number of hydrogen-bond donors (Lipinski definition) is 0. The molecule has 3 aliphatic rings.